The number of aliphatic hydroxyl groups excluding tert-OH is 1. The minimum Gasteiger partial charge on any atom is -0.480 e. The fraction of sp³-hybridized carbons (Fsp3) is 0.762. The fourth-order valence-electron chi connectivity index (χ4n) is 3.05. The van der Waals surface area contributed by atoms with Crippen LogP contribution in [0.25, 0.3) is 0 Å². The van der Waals surface area contributed by atoms with Gasteiger partial charge in [-0.15, -0.1) is 0 Å². The van der Waals surface area contributed by atoms with Gasteiger partial charge < -0.3 is 43.4 Å². The molecule has 0 aromatic rings. The van der Waals surface area contributed by atoms with Crippen LogP contribution in [-0.4, -0.2) is 88.7 Å². The van der Waals surface area contributed by atoms with E-state index in [2.05, 4.69) is 20.9 Å². The van der Waals surface area contributed by atoms with Crippen molar-refractivity contribution in [1.82, 2.24) is 16.0 Å². The van der Waals surface area contributed by atoms with E-state index in [4.69, 9.17) is 17.2 Å². The number of amides is 3. The summed E-state index contributed by atoms with van der Waals surface area (Å²) in [5.41, 5.74) is 16.3. The molecular weight excluding hydrogens is 478 g/mol. The number of aliphatic carboxylic acids is 1. The van der Waals surface area contributed by atoms with Gasteiger partial charge in [0.2, 0.25) is 17.7 Å². The molecule has 0 bridgehead atoms. The van der Waals surface area contributed by atoms with Gasteiger partial charge in [-0.25, -0.2) is 4.79 Å². The Labute approximate surface area is 210 Å². The quantitative estimate of drug-likeness (QED) is 0.0602. The monoisotopic (exact) mass is 519 g/mol. The van der Waals surface area contributed by atoms with E-state index in [-0.39, 0.29) is 37.7 Å². The van der Waals surface area contributed by atoms with Crippen molar-refractivity contribution in [3.8, 4) is 0 Å². The average Bonchev–Trinajstić information content (AvgIpc) is 2.75. The molecule has 14 heteroatoms. The van der Waals surface area contributed by atoms with E-state index < -0.39 is 54.0 Å². The third-order valence-corrected chi connectivity index (χ3v) is 5.58. The van der Waals surface area contributed by atoms with Crippen molar-refractivity contribution in [3.63, 3.8) is 0 Å². The zero-order valence-electron chi connectivity index (χ0n) is 20.8. The fourth-order valence-corrected chi connectivity index (χ4v) is 3.52. The van der Waals surface area contributed by atoms with Gasteiger partial charge in [-0.1, -0.05) is 13.8 Å². The molecule has 35 heavy (non-hydrogen) atoms. The number of guanidine groups is 1. The van der Waals surface area contributed by atoms with Crippen molar-refractivity contribution in [2.45, 2.75) is 76.7 Å². The smallest absolute Gasteiger partial charge is 0.326 e. The Hall–Kier alpha value is -2.58. The number of carbonyl (C=O) groups is 4. The van der Waals surface area contributed by atoms with E-state index in [1.165, 1.54) is 18.7 Å². The summed E-state index contributed by atoms with van der Waals surface area (Å²) in [6, 6.07) is -4.52. The number of rotatable bonds is 17. The Morgan fingerprint density at radius 3 is 2.03 bits per heavy atom. The van der Waals surface area contributed by atoms with Crippen molar-refractivity contribution in [3.05, 3.63) is 0 Å². The molecule has 0 aromatic carbocycles. The molecule has 13 nitrogen and oxygen atoms in total. The molecule has 11 N–H and O–H groups in total. The van der Waals surface area contributed by atoms with Crippen LogP contribution in [0.15, 0.2) is 4.99 Å². The zero-order chi connectivity index (χ0) is 27.1. The van der Waals surface area contributed by atoms with E-state index in [1.54, 1.807) is 0 Å². The number of carbonyl (C=O) groups excluding carboxylic acids is 3. The highest BCUT2D eigenvalue weighted by atomic mass is 32.2. The summed E-state index contributed by atoms with van der Waals surface area (Å²) in [4.78, 5) is 53.5. The predicted octanol–water partition coefficient (Wildman–Crippen LogP) is -1.91. The SMILES string of the molecule is CSCCC(NC(=O)C(CC(C)C)NC(=O)C(NC(=O)C(N)CCCN=C(N)N)C(C)O)C(=O)O. The predicted molar refractivity (Wildman–Crippen MR) is 135 cm³/mol. The van der Waals surface area contributed by atoms with E-state index in [0.29, 0.717) is 12.2 Å². The molecule has 0 aliphatic carbocycles. The number of nitrogens with two attached hydrogens (primary N) is 3. The minimum absolute atomic E-state index is 0.0150. The number of nitrogens with one attached hydrogen (secondary N) is 3. The first-order chi connectivity index (χ1) is 16.3. The second-order valence-corrected chi connectivity index (χ2v) is 9.64. The summed E-state index contributed by atoms with van der Waals surface area (Å²) >= 11 is 1.45. The van der Waals surface area contributed by atoms with Gasteiger partial charge in [0.15, 0.2) is 5.96 Å². The van der Waals surface area contributed by atoms with Crippen molar-refractivity contribution in [1.29, 1.82) is 0 Å². The van der Waals surface area contributed by atoms with Crippen molar-refractivity contribution in [2.24, 2.45) is 28.1 Å². The molecule has 0 spiro atoms. The maximum absolute atomic E-state index is 12.9. The Morgan fingerprint density at radius 1 is 0.943 bits per heavy atom. The van der Waals surface area contributed by atoms with Crippen molar-refractivity contribution >= 4 is 41.4 Å². The standard InChI is InChI=1S/C21H41N7O6S/c1-11(2)10-15(18(31)26-14(20(33)34)7-9-35-4)27-19(32)16(12(3)29)28-17(30)13(22)6-5-8-25-21(23)24/h11-16,29H,5-10,22H2,1-4H3,(H,26,31)(H,27,32)(H,28,30)(H,33,34)(H4,23,24,25). The van der Waals surface area contributed by atoms with Crippen LogP contribution in [-0.2, 0) is 19.2 Å². The molecule has 3 amide bonds. The summed E-state index contributed by atoms with van der Waals surface area (Å²) in [5, 5.41) is 26.9. The lowest BCUT2D eigenvalue weighted by Gasteiger charge is -2.27. The summed E-state index contributed by atoms with van der Waals surface area (Å²) < 4.78 is 0. The molecule has 5 unspecified atom stereocenters. The molecule has 5 atom stereocenters. The minimum atomic E-state index is -1.37. The molecule has 0 radical (unpaired) electrons. The largest absolute Gasteiger partial charge is 0.480 e. The second kappa shape index (κ2) is 16.9. The first-order valence-electron chi connectivity index (χ1n) is 11.4. The first kappa shape index (κ1) is 32.4. The molecule has 0 aliphatic rings. The van der Waals surface area contributed by atoms with Gasteiger partial charge in [0.05, 0.1) is 12.1 Å². The van der Waals surface area contributed by atoms with Crippen LogP contribution in [0.3, 0.4) is 0 Å². The van der Waals surface area contributed by atoms with Crippen LogP contribution in [0.2, 0.25) is 0 Å². The number of carboxylic acids is 1. The zero-order valence-corrected chi connectivity index (χ0v) is 21.6. The number of thioether (sulfide) groups is 1. The molecule has 0 fully saturated rings. The molecule has 0 aromatic heterocycles. The average molecular weight is 520 g/mol. The van der Waals surface area contributed by atoms with Crippen molar-refractivity contribution in [2.75, 3.05) is 18.6 Å². The number of hydrogen-bond acceptors (Lipinski definition) is 8. The number of aliphatic hydroxyl groups is 1. The number of carboxylic acid groups (broad SMARTS) is 1. The van der Waals surface area contributed by atoms with Crippen LogP contribution >= 0.6 is 11.8 Å². The van der Waals surface area contributed by atoms with Crippen LogP contribution < -0.4 is 33.2 Å². The van der Waals surface area contributed by atoms with Gasteiger partial charge in [0.25, 0.3) is 0 Å². The van der Waals surface area contributed by atoms with Gasteiger partial charge in [0, 0.05) is 6.54 Å². The summed E-state index contributed by atoms with van der Waals surface area (Å²) in [6.45, 7) is 5.27. The normalized spacial score (nSPS) is 15.3. The highest BCUT2D eigenvalue weighted by Gasteiger charge is 2.32. The highest BCUT2D eigenvalue weighted by molar-refractivity contribution is 7.98. The maximum Gasteiger partial charge on any atom is 0.326 e. The first-order valence-corrected chi connectivity index (χ1v) is 12.8. The molecular formula is C21H41N7O6S. The molecule has 0 saturated carbocycles. The second-order valence-electron chi connectivity index (χ2n) is 8.65. The topological polar surface area (TPSA) is 235 Å². The highest BCUT2D eigenvalue weighted by Crippen LogP contribution is 2.09. The van der Waals surface area contributed by atoms with E-state index >= 15 is 0 Å². The van der Waals surface area contributed by atoms with Gasteiger partial charge in [-0.3, -0.25) is 19.4 Å². The van der Waals surface area contributed by atoms with Crippen LogP contribution in [0.1, 0.15) is 46.5 Å². The Bertz CT molecular complexity index is 731. The number of nitrogens with zero attached hydrogens (tertiary/aromatic N) is 1. The third-order valence-electron chi connectivity index (χ3n) is 4.93. The van der Waals surface area contributed by atoms with Crippen LogP contribution in [0.4, 0.5) is 0 Å². The Morgan fingerprint density at radius 2 is 1.54 bits per heavy atom. The van der Waals surface area contributed by atoms with Crippen LogP contribution in [0, 0.1) is 5.92 Å². The third kappa shape index (κ3) is 13.8. The molecule has 0 heterocycles. The van der Waals surface area contributed by atoms with E-state index in [0.717, 1.165) is 0 Å². The summed E-state index contributed by atoms with van der Waals surface area (Å²) in [6.07, 6.45) is 1.64. The Kier molecular flexibility index (Phi) is 15.7. The maximum atomic E-state index is 12.9. The lowest BCUT2D eigenvalue weighted by molar-refractivity contribution is -0.142. The lowest BCUT2D eigenvalue weighted by Crippen LogP contribution is -2.60. The van der Waals surface area contributed by atoms with E-state index in [1.807, 2.05) is 20.1 Å². The summed E-state index contributed by atoms with van der Waals surface area (Å²) in [5.74, 6) is -2.86. The van der Waals surface area contributed by atoms with Gasteiger partial charge >= 0.3 is 5.97 Å². The molecule has 0 rings (SSSR count). The number of hydrogen-bond donors (Lipinski definition) is 8. The Balaban J connectivity index is 5.28. The van der Waals surface area contributed by atoms with Crippen molar-refractivity contribution < 1.29 is 29.4 Å². The van der Waals surface area contributed by atoms with Crippen LogP contribution in [0.5, 0.6) is 0 Å². The lowest BCUT2D eigenvalue weighted by atomic mass is 10.0. The van der Waals surface area contributed by atoms with Gasteiger partial charge in [-0.05, 0) is 50.5 Å². The molecule has 0 saturated heterocycles. The van der Waals surface area contributed by atoms with Gasteiger partial charge in [0.1, 0.15) is 18.1 Å². The van der Waals surface area contributed by atoms with Gasteiger partial charge in [-0.2, -0.15) is 11.8 Å². The molecule has 202 valence electrons. The summed E-state index contributed by atoms with van der Waals surface area (Å²) in [7, 11) is 0. The van der Waals surface area contributed by atoms with E-state index in [9.17, 15) is 29.4 Å². The number of aliphatic imine (C=N–C) groups is 1. The molecule has 0 aliphatic heterocycles.